The predicted molar refractivity (Wildman–Crippen MR) is 80.6 cm³/mol. The molecule has 108 valence electrons. The molecule has 0 saturated carbocycles. The van der Waals surface area contributed by atoms with Crippen LogP contribution in [0.1, 0.15) is 84.5 Å². The fourth-order valence-corrected chi connectivity index (χ4v) is 2.84. The molecule has 1 aliphatic rings. The molecule has 0 aromatic carbocycles. The maximum atomic E-state index is 3.81. The summed E-state index contributed by atoms with van der Waals surface area (Å²) in [5.74, 6) is 0. The van der Waals surface area contributed by atoms with E-state index < -0.39 is 0 Å². The van der Waals surface area contributed by atoms with E-state index >= 15 is 0 Å². The van der Waals surface area contributed by atoms with E-state index in [-0.39, 0.29) is 0 Å². The number of hydrogen-bond acceptors (Lipinski definition) is 2. The molecule has 0 bridgehead atoms. The first-order valence-corrected chi connectivity index (χ1v) is 8.38. The molecule has 1 saturated heterocycles. The highest BCUT2D eigenvalue weighted by atomic mass is 15.5. The molecule has 1 rings (SSSR count). The first kappa shape index (κ1) is 16.0. The lowest BCUT2D eigenvalue weighted by Gasteiger charge is -2.32. The van der Waals surface area contributed by atoms with Crippen LogP contribution >= 0.6 is 0 Å². The van der Waals surface area contributed by atoms with E-state index in [9.17, 15) is 0 Å². The Morgan fingerprint density at radius 3 is 1.89 bits per heavy atom. The monoisotopic (exact) mass is 254 g/mol. The lowest BCUT2D eigenvalue weighted by atomic mass is 10.0. The lowest BCUT2D eigenvalue weighted by molar-refractivity contribution is 0.120. The first-order chi connectivity index (χ1) is 8.86. The van der Waals surface area contributed by atoms with Gasteiger partial charge in [0.15, 0.2) is 0 Å². The van der Waals surface area contributed by atoms with Crippen LogP contribution in [0.4, 0.5) is 0 Å². The molecular formula is C16H34N2. The van der Waals surface area contributed by atoms with Crippen LogP contribution in [-0.4, -0.2) is 24.1 Å². The van der Waals surface area contributed by atoms with Gasteiger partial charge in [-0.15, -0.1) is 0 Å². The maximum absolute atomic E-state index is 3.81. The molecule has 1 aliphatic heterocycles. The molecule has 0 aromatic heterocycles. The van der Waals surface area contributed by atoms with Gasteiger partial charge >= 0.3 is 0 Å². The Bertz CT molecular complexity index is 166. The molecule has 0 atom stereocenters. The summed E-state index contributed by atoms with van der Waals surface area (Å²) in [6, 6.07) is 0.737. The van der Waals surface area contributed by atoms with Crippen LogP contribution in [-0.2, 0) is 0 Å². The number of hydrazine groups is 1. The van der Waals surface area contributed by atoms with Gasteiger partial charge in [0.2, 0.25) is 0 Å². The summed E-state index contributed by atoms with van der Waals surface area (Å²) >= 11 is 0. The third kappa shape index (κ3) is 7.38. The van der Waals surface area contributed by atoms with Crippen molar-refractivity contribution < 1.29 is 0 Å². The molecule has 2 heteroatoms. The minimum atomic E-state index is 0.737. The third-order valence-corrected chi connectivity index (χ3v) is 4.03. The van der Waals surface area contributed by atoms with Crippen molar-refractivity contribution in [3.8, 4) is 0 Å². The van der Waals surface area contributed by atoms with E-state index in [1.807, 2.05) is 0 Å². The number of unbranched alkanes of at least 4 members (excludes halogenated alkanes) is 4. The smallest absolute Gasteiger partial charge is 0.0215 e. The van der Waals surface area contributed by atoms with Crippen molar-refractivity contribution in [2.75, 3.05) is 13.1 Å². The Kier molecular flexibility index (Phi) is 9.59. The summed E-state index contributed by atoms with van der Waals surface area (Å²) in [7, 11) is 0. The number of hydrogen-bond donors (Lipinski definition) is 1. The second kappa shape index (κ2) is 10.8. The van der Waals surface area contributed by atoms with Crippen LogP contribution in [0.5, 0.6) is 0 Å². The Hall–Kier alpha value is -0.0800. The zero-order valence-electron chi connectivity index (χ0n) is 12.7. The molecule has 2 nitrogen and oxygen atoms in total. The SMILES string of the molecule is CCCCCC(CCCCC)NN1CCCCC1. The van der Waals surface area contributed by atoms with E-state index in [0.29, 0.717) is 0 Å². The van der Waals surface area contributed by atoms with E-state index in [0.717, 1.165) is 6.04 Å². The van der Waals surface area contributed by atoms with Gasteiger partial charge in [0.1, 0.15) is 0 Å². The largest absolute Gasteiger partial charge is 0.252 e. The number of rotatable bonds is 10. The molecule has 0 amide bonds. The Balaban J connectivity index is 2.22. The summed E-state index contributed by atoms with van der Waals surface area (Å²) < 4.78 is 0. The van der Waals surface area contributed by atoms with Gasteiger partial charge in [-0.25, -0.2) is 5.01 Å². The van der Waals surface area contributed by atoms with Gasteiger partial charge in [-0.1, -0.05) is 58.8 Å². The van der Waals surface area contributed by atoms with Crippen LogP contribution in [0.25, 0.3) is 0 Å². The van der Waals surface area contributed by atoms with Gasteiger partial charge in [-0.05, 0) is 25.7 Å². The van der Waals surface area contributed by atoms with E-state index in [1.165, 1.54) is 83.7 Å². The Morgan fingerprint density at radius 2 is 1.39 bits per heavy atom. The number of piperidine rings is 1. The molecule has 0 aliphatic carbocycles. The topological polar surface area (TPSA) is 15.3 Å². The van der Waals surface area contributed by atoms with Crippen LogP contribution < -0.4 is 5.43 Å². The molecule has 0 aromatic rings. The van der Waals surface area contributed by atoms with Crippen LogP contribution in [0.15, 0.2) is 0 Å². The van der Waals surface area contributed by atoms with E-state index in [1.54, 1.807) is 0 Å². The Morgan fingerprint density at radius 1 is 0.833 bits per heavy atom. The van der Waals surface area contributed by atoms with Crippen LogP contribution in [0.2, 0.25) is 0 Å². The minimum Gasteiger partial charge on any atom is -0.252 e. The summed E-state index contributed by atoms with van der Waals surface area (Å²) in [4.78, 5) is 0. The van der Waals surface area contributed by atoms with E-state index in [2.05, 4.69) is 24.3 Å². The van der Waals surface area contributed by atoms with Crippen molar-refractivity contribution in [2.45, 2.75) is 90.5 Å². The van der Waals surface area contributed by atoms with Gasteiger partial charge in [-0.3, -0.25) is 5.43 Å². The minimum absolute atomic E-state index is 0.737. The van der Waals surface area contributed by atoms with Gasteiger partial charge in [0.05, 0.1) is 0 Å². The second-order valence-electron chi connectivity index (χ2n) is 5.87. The van der Waals surface area contributed by atoms with Crippen molar-refractivity contribution in [1.29, 1.82) is 0 Å². The molecular weight excluding hydrogens is 220 g/mol. The summed E-state index contributed by atoms with van der Waals surface area (Å²) in [5.41, 5.74) is 3.81. The summed E-state index contributed by atoms with van der Waals surface area (Å²) in [6.07, 6.45) is 15.2. The van der Waals surface area contributed by atoms with Crippen molar-refractivity contribution in [2.24, 2.45) is 0 Å². The Labute approximate surface area is 114 Å². The van der Waals surface area contributed by atoms with Gasteiger partial charge in [0, 0.05) is 19.1 Å². The molecule has 1 heterocycles. The fraction of sp³-hybridized carbons (Fsp3) is 1.00. The van der Waals surface area contributed by atoms with Crippen LogP contribution in [0.3, 0.4) is 0 Å². The number of nitrogens with one attached hydrogen (secondary N) is 1. The quantitative estimate of drug-likeness (QED) is 0.577. The van der Waals surface area contributed by atoms with Crippen molar-refractivity contribution in [3.63, 3.8) is 0 Å². The standard InChI is InChI=1S/C16H34N2/c1-3-5-8-12-16(13-9-6-4-2)17-18-14-10-7-11-15-18/h16-17H,3-15H2,1-2H3. The molecule has 1 N–H and O–H groups in total. The van der Waals surface area contributed by atoms with Crippen molar-refractivity contribution in [1.82, 2.24) is 10.4 Å². The first-order valence-electron chi connectivity index (χ1n) is 8.38. The maximum Gasteiger partial charge on any atom is 0.0215 e. The average Bonchev–Trinajstić information content (AvgIpc) is 2.40. The van der Waals surface area contributed by atoms with Crippen molar-refractivity contribution >= 4 is 0 Å². The van der Waals surface area contributed by atoms with E-state index in [4.69, 9.17) is 0 Å². The molecule has 0 unspecified atom stereocenters. The highest BCUT2D eigenvalue weighted by molar-refractivity contribution is 4.69. The molecule has 18 heavy (non-hydrogen) atoms. The lowest BCUT2D eigenvalue weighted by Crippen LogP contribution is -2.47. The molecule has 1 fully saturated rings. The summed E-state index contributed by atoms with van der Waals surface area (Å²) in [6.45, 7) is 7.12. The van der Waals surface area contributed by atoms with Gasteiger partial charge in [0.25, 0.3) is 0 Å². The second-order valence-corrected chi connectivity index (χ2v) is 5.87. The number of nitrogens with zero attached hydrogens (tertiary/aromatic N) is 1. The van der Waals surface area contributed by atoms with Crippen molar-refractivity contribution in [3.05, 3.63) is 0 Å². The zero-order chi connectivity index (χ0) is 13.1. The average molecular weight is 254 g/mol. The van der Waals surface area contributed by atoms with Gasteiger partial charge in [-0.2, -0.15) is 0 Å². The van der Waals surface area contributed by atoms with Gasteiger partial charge < -0.3 is 0 Å². The molecule has 0 radical (unpaired) electrons. The molecule has 0 spiro atoms. The predicted octanol–water partition coefficient (Wildman–Crippen LogP) is 4.51. The highest BCUT2D eigenvalue weighted by Crippen LogP contribution is 2.13. The third-order valence-electron chi connectivity index (χ3n) is 4.03. The fourth-order valence-electron chi connectivity index (χ4n) is 2.84. The van der Waals surface area contributed by atoms with Crippen LogP contribution in [0, 0.1) is 0 Å². The normalized spacial score (nSPS) is 17.5. The summed E-state index contributed by atoms with van der Waals surface area (Å²) in [5, 5.41) is 2.49. The highest BCUT2D eigenvalue weighted by Gasteiger charge is 2.14. The zero-order valence-corrected chi connectivity index (χ0v) is 12.7.